The third-order valence-electron chi connectivity index (χ3n) is 2.11. The first-order valence-electron chi connectivity index (χ1n) is 3.93. The topological polar surface area (TPSA) is 23.5 Å². The number of hydrogen-bond acceptors (Lipinski definition) is 2. The maximum atomic E-state index is 9.31. The van der Waals surface area contributed by atoms with Gasteiger partial charge in [0.05, 0.1) is 6.10 Å². The van der Waals surface area contributed by atoms with Crippen molar-refractivity contribution in [2.24, 2.45) is 0 Å². The van der Waals surface area contributed by atoms with E-state index in [2.05, 4.69) is 18.1 Å². The average molecular weight is 153 g/mol. The van der Waals surface area contributed by atoms with Crippen molar-refractivity contribution < 1.29 is 5.11 Å². The van der Waals surface area contributed by atoms with Crippen molar-refractivity contribution in [2.45, 2.75) is 18.6 Å². The standard InChI is InChI=1S/C9H15NO/c1-3-5-8-9(11)7-10(8)6-4-2/h3-4,8-9,11H,1-2,5-7H2. The number of likely N-dealkylation sites (tertiary alicyclic amines) is 1. The summed E-state index contributed by atoms with van der Waals surface area (Å²) in [5, 5.41) is 9.31. The second-order valence-corrected chi connectivity index (χ2v) is 2.90. The lowest BCUT2D eigenvalue weighted by Gasteiger charge is -2.44. The van der Waals surface area contributed by atoms with E-state index < -0.39 is 0 Å². The van der Waals surface area contributed by atoms with Gasteiger partial charge in [-0.2, -0.15) is 0 Å². The number of β-amino-alcohol motifs (C(OH)–C–C–N with tert-alkyl or cyclic N) is 1. The van der Waals surface area contributed by atoms with Gasteiger partial charge < -0.3 is 5.11 Å². The van der Waals surface area contributed by atoms with Gasteiger partial charge in [-0.25, -0.2) is 0 Å². The molecule has 2 atom stereocenters. The SMILES string of the molecule is C=CCC1C(O)CN1CC=C. The van der Waals surface area contributed by atoms with E-state index in [-0.39, 0.29) is 12.1 Å². The molecule has 1 aliphatic heterocycles. The monoisotopic (exact) mass is 153 g/mol. The van der Waals surface area contributed by atoms with Crippen LogP contribution < -0.4 is 0 Å². The van der Waals surface area contributed by atoms with Crippen LogP contribution in [0.1, 0.15) is 6.42 Å². The number of nitrogens with zero attached hydrogens (tertiary/aromatic N) is 1. The average Bonchev–Trinajstić information content (AvgIpc) is 2.00. The highest BCUT2D eigenvalue weighted by Gasteiger charge is 2.35. The Morgan fingerprint density at radius 3 is 2.64 bits per heavy atom. The smallest absolute Gasteiger partial charge is 0.0825 e. The summed E-state index contributed by atoms with van der Waals surface area (Å²) in [4.78, 5) is 2.19. The zero-order valence-corrected chi connectivity index (χ0v) is 6.74. The molecule has 1 N–H and O–H groups in total. The molecule has 1 heterocycles. The first-order valence-corrected chi connectivity index (χ1v) is 3.93. The molecule has 0 aromatic carbocycles. The molecule has 0 aromatic rings. The van der Waals surface area contributed by atoms with Crippen molar-refractivity contribution in [2.75, 3.05) is 13.1 Å². The minimum Gasteiger partial charge on any atom is -0.390 e. The zero-order valence-electron chi connectivity index (χ0n) is 6.74. The molecule has 0 spiro atoms. The van der Waals surface area contributed by atoms with Gasteiger partial charge in [0.1, 0.15) is 0 Å². The Balaban J connectivity index is 2.33. The summed E-state index contributed by atoms with van der Waals surface area (Å²) in [5.74, 6) is 0. The molecule has 62 valence electrons. The van der Waals surface area contributed by atoms with Crippen LogP contribution in [0.4, 0.5) is 0 Å². The summed E-state index contributed by atoms with van der Waals surface area (Å²) in [7, 11) is 0. The summed E-state index contributed by atoms with van der Waals surface area (Å²) in [5.41, 5.74) is 0. The summed E-state index contributed by atoms with van der Waals surface area (Å²) in [6.07, 6.45) is 4.42. The van der Waals surface area contributed by atoms with E-state index in [1.165, 1.54) is 0 Å². The van der Waals surface area contributed by atoms with E-state index in [0.29, 0.717) is 0 Å². The summed E-state index contributed by atoms with van der Waals surface area (Å²) in [6, 6.07) is 0.283. The lowest BCUT2D eigenvalue weighted by molar-refractivity contribution is -0.0523. The normalized spacial score (nSPS) is 31.0. The third kappa shape index (κ3) is 1.70. The molecule has 0 saturated carbocycles. The Kier molecular flexibility index (Phi) is 2.85. The highest BCUT2D eigenvalue weighted by molar-refractivity contribution is 4.97. The van der Waals surface area contributed by atoms with Crippen molar-refractivity contribution in [1.29, 1.82) is 0 Å². The molecule has 2 heteroatoms. The fourth-order valence-electron chi connectivity index (χ4n) is 1.46. The molecule has 1 fully saturated rings. The molecule has 2 nitrogen and oxygen atoms in total. The number of rotatable bonds is 4. The van der Waals surface area contributed by atoms with Crippen LogP contribution in [0.5, 0.6) is 0 Å². The molecule has 1 saturated heterocycles. The van der Waals surface area contributed by atoms with Crippen molar-refractivity contribution in [1.82, 2.24) is 4.90 Å². The Labute approximate surface area is 67.8 Å². The van der Waals surface area contributed by atoms with Crippen molar-refractivity contribution in [3.05, 3.63) is 25.3 Å². The predicted octanol–water partition coefficient (Wildman–Crippen LogP) is 0.794. The van der Waals surface area contributed by atoms with Crippen LogP contribution in [0.2, 0.25) is 0 Å². The highest BCUT2D eigenvalue weighted by atomic mass is 16.3. The van der Waals surface area contributed by atoms with Crippen LogP contribution in [0.25, 0.3) is 0 Å². The molecule has 0 aromatic heterocycles. The lowest BCUT2D eigenvalue weighted by Crippen LogP contribution is -2.59. The summed E-state index contributed by atoms with van der Waals surface area (Å²) < 4.78 is 0. The van der Waals surface area contributed by atoms with Crippen LogP contribution >= 0.6 is 0 Å². The van der Waals surface area contributed by atoms with E-state index in [1.807, 2.05) is 12.2 Å². The van der Waals surface area contributed by atoms with Crippen LogP contribution in [0.15, 0.2) is 25.3 Å². The van der Waals surface area contributed by atoms with Crippen molar-refractivity contribution in [3.63, 3.8) is 0 Å². The molecule has 11 heavy (non-hydrogen) atoms. The molecule has 2 unspecified atom stereocenters. The Bertz CT molecular complexity index is 156. The highest BCUT2D eigenvalue weighted by Crippen LogP contribution is 2.20. The molecule has 0 aliphatic carbocycles. The number of aliphatic hydroxyl groups excluding tert-OH is 1. The second-order valence-electron chi connectivity index (χ2n) is 2.90. The van der Waals surface area contributed by atoms with Gasteiger partial charge in [-0.3, -0.25) is 4.90 Å². The van der Waals surface area contributed by atoms with Crippen molar-refractivity contribution >= 4 is 0 Å². The first-order chi connectivity index (χ1) is 5.29. The molecular weight excluding hydrogens is 138 g/mol. The first kappa shape index (κ1) is 8.50. The maximum absolute atomic E-state index is 9.31. The maximum Gasteiger partial charge on any atom is 0.0825 e. The fraction of sp³-hybridized carbons (Fsp3) is 0.556. The van der Waals surface area contributed by atoms with Gasteiger partial charge in [-0.05, 0) is 6.42 Å². The van der Waals surface area contributed by atoms with Crippen LogP contribution in [-0.2, 0) is 0 Å². The van der Waals surface area contributed by atoms with E-state index in [4.69, 9.17) is 0 Å². The van der Waals surface area contributed by atoms with Crippen LogP contribution in [0, 0.1) is 0 Å². The van der Waals surface area contributed by atoms with E-state index >= 15 is 0 Å². The predicted molar refractivity (Wildman–Crippen MR) is 46.4 cm³/mol. The summed E-state index contributed by atoms with van der Waals surface area (Å²) in [6.45, 7) is 8.95. The van der Waals surface area contributed by atoms with Crippen molar-refractivity contribution in [3.8, 4) is 0 Å². The molecule has 0 radical (unpaired) electrons. The van der Waals surface area contributed by atoms with Gasteiger partial charge in [0, 0.05) is 19.1 Å². The lowest BCUT2D eigenvalue weighted by atomic mass is 9.96. The molecule has 0 amide bonds. The van der Waals surface area contributed by atoms with Gasteiger partial charge in [0.25, 0.3) is 0 Å². The van der Waals surface area contributed by atoms with E-state index in [0.717, 1.165) is 19.5 Å². The molecule has 1 rings (SSSR count). The Morgan fingerprint density at radius 2 is 2.18 bits per heavy atom. The molecule has 0 bridgehead atoms. The summed E-state index contributed by atoms with van der Waals surface area (Å²) >= 11 is 0. The zero-order chi connectivity index (χ0) is 8.27. The third-order valence-corrected chi connectivity index (χ3v) is 2.11. The van der Waals surface area contributed by atoms with E-state index in [9.17, 15) is 5.11 Å². The Hall–Kier alpha value is -0.600. The number of aliphatic hydroxyl groups is 1. The minimum atomic E-state index is -0.159. The van der Waals surface area contributed by atoms with Crippen LogP contribution in [-0.4, -0.2) is 35.2 Å². The second kappa shape index (κ2) is 3.69. The molecular formula is C9H15NO. The van der Waals surface area contributed by atoms with Gasteiger partial charge in [0.2, 0.25) is 0 Å². The fourth-order valence-corrected chi connectivity index (χ4v) is 1.46. The Morgan fingerprint density at radius 1 is 1.45 bits per heavy atom. The number of hydrogen-bond donors (Lipinski definition) is 1. The quantitative estimate of drug-likeness (QED) is 0.604. The van der Waals surface area contributed by atoms with Crippen LogP contribution in [0.3, 0.4) is 0 Å². The largest absolute Gasteiger partial charge is 0.390 e. The minimum absolute atomic E-state index is 0.159. The van der Waals surface area contributed by atoms with Gasteiger partial charge in [-0.15, -0.1) is 13.2 Å². The van der Waals surface area contributed by atoms with Gasteiger partial charge in [-0.1, -0.05) is 12.2 Å². The van der Waals surface area contributed by atoms with E-state index in [1.54, 1.807) is 0 Å². The van der Waals surface area contributed by atoms with Gasteiger partial charge in [0.15, 0.2) is 0 Å². The van der Waals surface area contributed by atoms with Gasteiger partial charge >= 0.3 is 0 Å². The molecule has 1 aliphatic rings.